The molecule has 0 aromatic carbocycles. The van der Waals surface area contributed by atoms with Crippen LogP contribution in [0.4, 0.5) is 0 Å². The Balaban J connectivity index is 1.25. The molecule has 1 N–H and O–H groups in total. The number of carbonyl (C=O) groups is 1. The molecule has 138 valence electrons. The third-order valence-corrected chi connectivity index (χ3v) is 5.46. The largest absolute Gasteiger partial charge is 0.467 e. The Hall–Kier alpha value is -2.18. The van der Waals surface area contributed by atoms with Crippen LogP contribution >= 0.6 is 0 Å². The number of pyridine rings is 1. The monoisotopic (exact) mass is 355 g/mol. The molecule has 2 aromatic heterocycles. The quantitative estimate of drug-likeness (QED) is 0.861. The highest BCUT2D eigenvalue weighted by Gasteiger charge is 2.41. The van der Waals surface area contributed by atoms with Crippen LogP contribution in [0.2, 0.25) is 0 Å². The number of carbonyl (C=O) groups excluding carboxylic acids is 1. The van der Waals surface area contributed by atoms with Gasteiger partial charge in [0.25, 0.3) is 0 Å². The van der Waals surface area contributed by atoms with E-state index in [1.807, 2.05) is 24.5 Å². The minimum Gasteiger partial charge on any atom is -0.467 e. The van der Waals surface area contributed by atoms with Crippen LogP contribution in [0.15, 0.2) is 47.3 Å². The number of hydrogen-bond acceptors (Lipinski definition) is 5. The number of rotatable bonds is 6. The molecular weight excluding hydrogens is 330 g/mol. The van der Waals surface area contributed by atoms with E-state index < -0.39 is 0 Å². The van der Waals surface area contributed by atoms with E-state index in [0.29, 0.717) is 24.8 Å². The van der Waals surface area contributed by atoms with Crippen molar-refractivity contribution in [3.05, 3.63) is 54.2 Å². The van der Waals surface area contributed by atoms with Gasteiger partial charge in [0.2, 0.25) is 5.91 Å². The van der Waals surface area contributed by atoms with Crippen molar-refractivity contribution >= 4 is 5.91 Å². The molecule has 6 nitrogen and oxygen atoms in total. The van der Waals surface area contributed by atoms with Crippen LogP contribution in [0.1, 0.15) is 24.2 Å². The van der Waals surface area contributed by atoms with Gasteiger partial charge in [0.1, 0.15) is 5.76 Å². The van der Waals surface area contributed by atoms with Gasteiger partial charge in [-0.15, -0.1) is 0 Å². The Bertz CT molecular complexity index is 704. The zero-order valence-electron chi connectivity index (χ0n) is 14.8. The van der Waals surface area contributed by atoms with E-state index in [2.05, 4.69) is 27.3 Å². The summed E-state index contributed by atoms with van der Waals surface area (Å²) >= 11 is 0. The molecular formula is C20H25N3O3. The maximum Gasteiger partial charge on any atom is 0.222 e. The average molecular weight is 355 g/mol. The summed E-state index contributed by atoms with van der Waals surface area (Å²) in [5.74, 6) is 1.81. The summed E-state index contributed by atoms with van der Waals surface area (Å²) in [4.78, 5) is 18.8. The van der Waals surface area contributed by atoms with Crippen molar-refractivity contribution in [1.29, 1.82) is 0 Å². The zero-order valence-corrected chi connectivity index (χ0v) is 14.8. The van der Waals surface area contributed by atoms with E-state index >= 15 is 0 Å². The van der Waals surface area contributed by atoms with Crippen molar-refractivity contribution in [2.24, 2.45) is 11.8 Å². The lowest BCUT2D eigenvalue weighted by Crippen LogP contribution is -2.41. The van der Waals surface area contributed by atoms with Crippen molar-refractivity contribution in [2.75, 3.05) is 19.7 Å². The third kappa shape index (κ3) is 4.14. The van der Waals surface area contributed by atoms with Gasteiger partial charge in [-0.25, -0.2) is 0 Å². The highest BCUT2D eigenvalue weighted by atomic mass is 16.5. The fraction of sp³-hybridized carbons (Fsp3) is 0.500. The SMILES string of the molecule is O=C(C[C@@H]1OC[C@@H]2CN(Cc3ccncc3)CC[C@@H]21)NCc1ccco1. The van der Waals surface area contributed by atoms with Crippen LogP contribution in [-0.2, 0) is 22.6 Å². The molecule has 0 aliphatic carbocycles. The molecule has 6 heteroatoms. The molecule has 4 heterocycles. The molecule has 2 fully saturated rings. The molecule has 1 amide bonds. The number of amides is 1. The normalized spacial score (nSPS) is 25.8. The molecule has 0 saturated carbocycles. The topological polar surface area (TPSA) is 67.6 Å². The number of nitrogens with one attached hydrogen (secondary N) is 1. The lowest BCUT2D eigenvalue weighted by Gasteiger charge is -2.35. The Morgan fingerprint density at radius 2 is 2.19 bits per heavy atom. The first-order chi connectivity index (χ1) is 12.8. The summed E-state index contributed by atoms with van der Waals surface area (Å²) in [6.07, 6.45) is 6.87. The molecule has 4 rings (SSSR count). The Morgan fingerprint density at radius 1 is 1.31 bits per heavy atom. The van der Waals surface area contributed by atoms with Gasteiger partial charge in [0.15, 0.2) is 0 Å². The summed E-state index contributed by atoms with van der Waals surface area (Å²) in [6.45, 7) is 4.24. The number of furan rings is 1. The first-order valence-corrected chi connectivity index (χ1v) is 9.30. The zero-order chi connectivity index (χ0) is 17.8. The molecule has 3 atom stereocenters. The fourth-order valence-corrected chi connectivity index (χ4v) is 4.12. The van der Waals surface area contributed by atoms with Crippen molar-refractivity contribution in [2.45, 2.75) is 32.0 Å². The summed E-state index contributed by atoms with van der Waals surface area (Å²) in [7, 11) is 0. The van der Waals surface area contributed by atoms with Crippen molar-refractivity contribution in [3.8, 4) is 0 Å². The molecule has 2 aliphatic rings. The van der Waals surface area contributed by atoms with E-state index in [4.69, 9.17) is 9.15 Å². The van der Waals surface area contributed by atoms with E-state index in [9.17, 15) is 4.79 Å². The van der Waals surface area contributed by atoms with Crippen LogP contribution in [0, 0.1) is 11.8 Å². The Kier molecular flexibility index (Phi) is 5.32. The standard InChI is InChI=1S/C20H25N3O3/c24-20(22-11-17-2-1-9-25-17)10-19-18-5-8-23(13-16(18)14-26-19)12-15-3-6-21-7-4-15/h1-4,6-7,9,16,18-19H,5,8,10-14H2,(H,22,24)/t16-,18-,19-/m0/s1. The summed E-state index contributed by atoms with van der Waals surface area (Å²) in [5.41, 5.74) is 1.30. The van der Waals surface area contributed by atoms with Gasteiger partial charge >= 0.3 is 0 Å². The van der Waals surface area contributed by atoms with E-state index in [1.165, 1.54) is 5.56 Å². The number of nitrogens with zero attached hydrogens (tertiary/aromatic N) is 2. The van der Waals surface area contributed by atoms with Gasteiger partial charge in [-0.1, -0.05) is 0 Å². The van der Waals surface area contributed by atoms with Crippen LogP contribution in [0.25, 0.3) is 0 Å². The van der Waals surface area contributed by atoms with Gasteiger partial charge in [-0.2, -0.15) is 0 Å². The second kappa shape index (κ2) is 8.01. The highest BCUT2D eigenvalue weighted by Crippen LogP contribution is 2.36. The molecule has 0 spiro atoms. The van der Waals surface area contributed by atoms with Crippen LogP contribution in [0.5, 0.6) is 0 Å². The minimum atomic E-state index is 0.0336. The van der Waals surface area contributed by atoms with Crippen LogP contribution in [-0.4, -0.2) is 41.6 Å². The van der Waals surface area contributed by atoms with E-state index in [0.717, 1.165) is 38.4 Å². The number of fused-ring (bicyclic) bond motifs is 1. The summed E-state index contributed by atoms with van der Waals surface area (Å²) in [6, 6.07) is 7.83. The van der Waals surface area contributed by atoms with Crippen LogP contribution < -0.4 is 5.32 Å². The molecule has 0 unspecified atom stereocenters. The number of piperidine rings is 1. The second-order valence-corrected chi connectivity index (χ2v) is 7.24. The summed E-state index contributed by atoms with van der Waals surface area (Å²) < 4.78 is 11.2. The molecule has 0 radical (unpaired) electrons. The van der Waals surface area contributed by atoms with Gasteiger partial charge in [-0.05, 0) is 48.7 Å². The van der Waals surface area contributed by atoms with Crippen molar-refractivity contribution in [1.82, 2.24) is 15.2 Å². The van der Waals surface area contributed by atoms with Crippen molar-refractivity contribution in [3.63, 3.8) is 0 Å². The predicted molar refractivity (Wildman–Crippen MR) is 96.0 cm³/mol. The lowest BCUT2D eigenvalue weighted by atomic mass is 9.83. The fourth-order valence-electron chi connectivity index (χ4n) is 4.12. The van der Waals surface area contributed by atoms with Crippen LogP contribution in [0.3, 0.4) is 0 Å². The maximum absolute atomic E-state index is 12.2. The average Bonchev–Trinajstić information content (AvgIpc) is 3.31. The molecule has 2 aromatic rings. The number of ether oxygens (including phenoxy) is 1. The van der Waals surface area contributed by atoms with Gasteiger partial charge in [0, 0.05) is 31.4 Å². The first-order valence-electron chi connectivity index (χ1n) is 9.30. The number of aromatic nitrogens is 1. The molecule has 2 aliphatic heterocycles. The Morgan fingerprint density at radius 3 is 3.00 bits per heavy atom. The Labute approximate surface area is 153 Å². The maximum atomic E-state index is 12.2. The molecule has 26 heavy (non-hydrogen) atoms. The first kappa shape index (κ1) is 17.2. The van der Waals surface area contributed by atoms with E-state index in [1.54, 1.807) is 6.26 Å². The predicted octanol–water partition coefficient (Wildman–Crippen LogP) is 2.22. The number of hydrogen-bond donors (Lipinski definition) is 1. The molecule has 2 saturated heterocycles. The third-order valence-electron chi connectivity index (χ3n) is 5.46. The van der Waals surface area contributed by atoms with Gasteiger partial charge in [0.05, 0.1) is 31.9 Å². The van der Waals surface area contributed by atoms with Crippen molar-refractivity contribution < 1.29 is 13.9 Å². The summed E-state index contributed by atoms with van der Waals surface area (Å²) in [5, 5.41) is 2.92. The lowest BCUT2D eigenvalue weighted by molar-refractivity contribution is -0.124. The smallest absolute Gasteiger partial charge is 0.222 e. The molecule has 0 bridgehead atoms. The van der Waals surface area contributed by atoms with E-state index in [-0.39, 0.29) is 12.0 Å². The highest BCUT2D eigenvalue weighted by molar-refractivity contribution is 5.76. The minimum absolute atomic E-state index is 0.0336. The van der Waals surface area contributed by atoms with Gasteiger partial charge < -0.3 is 14.5 Å². The number of likely N-dealkylation sites (tertiary alicyclic amines) is 1. The second-order valence-electron chi connectivity index (χ2n) is 7.24. The van der Waals surface area contributed by atoms with Gasteiger partial charge in [-0.3, -0.25) is 14.7 Å².